The van der Waals surface area contributed by atoms with Crippen LogP contribution in [0.25, 0.3) is 5.69 Å². The van der Waals surface area contributed by atoms with Gasteiger partial charge in [-0.3, -0.25) is 4.79 Å². The van der Waals surface area contributed by atoms with E-state index in [0.717, 1.165) is 29.9 Å². The van der Waals surface area contributed by atoms with Gasteiger partial charge >= 0.3 is 0 Å². The van der Waals surface area contributed by atoms with E-state index in [1.807, 2.05) is 72.4 Å². The molecule has 1 fully saturated rings. The van der Waals surface area contributed by atoms with Crippen molar-refractivity contribution in [2.75, 3.05) is 12.8 Å². The number of para-hydroxylation sites is 1. The fourth-order valence-corrected chi connectivity index (χ4v) is 3.68. The molecule has 6 heteroatoms. The fourth-order valence-electron chi connectivity index (χ4n) is 2.91. The first-order valence-corrected chi connectivity index (χ1v) is 10.1. The summed E-state index contributed by atoms with van der Waals surface area (Å²) in [5, 5.41) is 5.32. The molecule has 138 valence electrons. The molecule has 0 atom stereocenters. The highest BCUT2D eigenvalue weighted by molar-refractivity contribution is 7.99. The summed E-state index contributed by atoms with van der Waals surface area (Å²) in [6.45, 7) is 0.611. The highest BCUT2D eigenvalue weighted by Gasteiger charge is 2.30. The fraction of sp³-hybridized carbons (Fsp3) is 0.286. The smallest absolute Gasteiger partial charge is 0.233 e. The van der Waals surface area contributed by atoms with E-state index in [9.17, 15) is 4.79 Å². The van der Waals surface area contributed by atoms with Crippen molar-refractivity contribution in [2.24, 2.45) is 0 Å². The summed E-state index contributed by atoms with van der Waals surface area (Å²) in [5.41, 5.74) is 2.15. The first kappa shape index (κ1) is 17.8. The molecule has 0 spiro atoms. The van der Waals surface area contributed by atoms with Crippen molar-refractivity contribution in [3.05, 3.63) is 72.1 Å². The van der Waals surface area contributed by atoms with Crippen LogP contribution in [0.3, 0.4) is 0 Å². The number of rotatable bonds is 7. The van der Waals surface area contributed by atoms with Crippen molar-refractivity contribution < 1.29 is 4.79 Å². The summed E-state index contributed by atoms with van der Waals surface area (Å²) in [6, 6.07) is 20.1. The molecule has 0 N–H and O–H groups in total. The number of hydrogen-bond acceptors (Lipinski definition) is 4. The molecule has 4 rings (SSSR count). The Bertz CT molecular complexity index is 906. The second kappa shape index (κ2) is 7.96. The lowest BCUT2D eigenvalue weighted by Crippen LogP contribution is -2.27. The van der Waals surface area contributed by atoms with E-state index >= 15 is 0 Å². The van der Waals surface area contributed by atoms with Crippen LogP contribution in [0.1, 0.15) is 30.1 Å². The van der Waals surface area contributed by atoms with Crippen molar-refractivity contribution in [3.8, 4) is 5.69 Å². The molecular formula is C21H22N4OS. The monoisotopic (exact) mass is 378 g/mol. The maximum Gasteiger partial charge on any atom is 0.233 e. The number of benzene rings is 2. The minimum Gasteiger partial charge on any atom is -0.341 e. The molecule has 3 aromatic rings. The minimum absolute atomic E-state index is 0.0767. The Kier molecular flexibility index (Phi) is 5.25. The molecule has 5 nitrogen and oxygen atoms in total. The first-order valence-electron chi connectivity index (χ1n) is 9.14. The Hall–Kier alpha value is -2.60. The van der Waals surface area contributed by atoms with Gasteiger partial charge in [-0.15, -0.1) is 5.10 Å². The molecular weight excluding hydrogens is 356 g/mol. The average Bonchev–Trinajstić information content (AvgIpc) is 3.47. The SMILES string of the molecule is CN(Cc1ccccc1)C(=O)CSc1nc(C2CC2)n(-c2ccccc2)n1. The summed E-state index contributed by atoms with van der Waals surface area (Å²) >= 11 is 1.41. The third kappa shape index (κ3) is 4.39. The first-order chi connectivity index (χ1) is 13.2. The molecule has 0 unspecified atom stereocenters. The summed E-state index contributed by atoms with van der Waals surface area (Å²) in [5.74, 6) is 1.91. The van der Waals surface area contributed by atoms with Crippen molar-refractivity contribution in [2.45, 2.75) is 30.5 Å². The van der Waals surface area contributed by atoms with E-state index in [1.54, 1.807) is 4.90 Å². The summed E-state index contributed by atoms with van der Waals surface area (Å²) < 4.78 is 1.93. The highest BCUT2D eigenvalue weighted by Crippen LogP contribution is 2.40. The van der Waals surface area contributed by atoms with Crippen LogP contribution >= 0.6 is 11.8 Å². The molecule has 0 saturated heterocycles. The number of nitrogens with zero attached hydrogens (tertiary/aromatic N) is 4. The lowest BCUT2D eigenvalue weighted by atomic mass is 10.2. The Morgan fingerprint density at radius 3 is 2.44 bits per heavy atom. The number of carbonyl (C=O) groups is 1. The largest absolute Gasteiger partial charge is 0.341 e. The lowest BCUT2D eigenvalue weighted by molar-refractivity contribution is -0.127. The topological polar surface area (TPSA) is 51.0 Å². The van der Waals surface area contributed by atoms with Crippen molar-refractivity contribution >= 4 is 17.7 Å². The van der Waals surface area contributed by atoms with Crippen molar-refractivity contribution in [1.82, 2.24) is 19.7 Å². The highest BCUT2D eigenvalue weighted by atomic mass is 32.2. The third-order valence-corrected chi connectivity index (χ3v) is 5.39. The molecule has 1 heterocycles. The zero-order valence-electron chi connectivity index (χ0n) is 15.3. The summed E-state index contributed by atoms with van der Waals surface area (Å²) in [4.78, 5) is 18.9. The van der Waals surface area contributed by atoms with Crippen LogP contribution in [0.15, 0.2) is 65.8 Å². The van der Waals surface area contributed by atoms with E-state index in [0.29, 0.717) is 23.4 Å². The predicted octanol–water partition coefficient (Wildman–Crippen LogP) is 3.90. The van der Waals surface area contributed by atoms with Gasteiger partial charge in [0.05, 0.1) is 11.4 Å². The minimum atomic E-state index is 0.0767. The number of amides is 1. The molecule has 1 amide bonds. The Morgan fingerprint density at radius 2 is 1.78 bits per heavy atom. The van der Waals surface area contributed by atoms with Gasteiger partial charge in [0.25, 0.3) is 0 Å². The third-order valence-electron chi connectivity index (χ3n) is 4.57. The molecule has 2 aromatic carbocycles. The Morgan fingerprint density at radius 1 is 1.11 bits per heavy atom. The number of carbonyl (C=O) groups excluding carboxylic acids is 1. The molecule has 1 saturated carbocycles. The maximum absolute atomic E-state index is 12.5. The standard InChI is InChI=1S/C21H22N4OS/c1-24(14-16-8-4-2-5-9-16)19(26)15-27-21-22-20(17-12-13-17)25(23-21)18-10-6-3-7-11-18/h2-11,17H,12-15H2,1H3. The van der Waals surface area contributed by atoms with E-state index < -0.39 is 0 Å². The zero-order valence-corrected chi connectivity index (χ0v) is 16.1. The van der Waals surface area contributed by atoms with Gasteiger partial charge in [0.2, 0.25) is 11.1 Å². The second-order valence-corrected chi connectivity index (χ2v) is 7.74. The Balaban J connectivity index is 1.41. The summed E-state index contributed by atoms with van der Waals surface area (Å²) in [6.07, 6.45) is 2.32. The van der Waals surface area contributed by atoms with Gasteiger partial charge in [0, 0.05) is 19.5 Å². The molecule has 1 aromatic heterocycles. The normalized spacial score (nSPS) is 13.5. The lowest BCUT2D eigenvalue weighted by Gasteiger charge is -2.16. The van der Waals surface area contributed by atoms with Gasteiger partial charge in [-0.25, -0.2) is 9.67 Å². The van der Waals surface area contributed by atoms with Crippen LogP contribution < -0.4 is 0 Å². The van der Waals surface area contributed by atoms with Crippen LogP contribution in [0.2, 0.25) is 0 Å². The van der Waals surface area contributed by atoms with Gasteiger partial charge in [0.1, 0.15) is 5.82 Å². The Labute approximate surface area is 163 Å². The molecule has 0 aliphatic heterocycles. The second-order valence-electron chi connectivity index (χ2n) is 6.80. The maximum atomic E-state index is 12.5. The van der Waals surface area contributed by atoms with Crippen LogP contribution in [0.5, 0.6) is 0 Å². The van der Waals surface area contributed by atoms with E-state index in [4.69, 9.17) is 4.98 Å². The van der Waals surface area contributed by atoms with Crippen molar-refractivity contribution in [1.29, 1.82) is 0 Å². The van der Waals surface area contributed by atoms with Gasteiger partial charge < -0.3 is 4.90 Å². The molecule has 1 aliphatic rings. The van der Waals surface area contributed by atoms with Gasteiger partial charge in [-0.05, 0) is 30.5 Å². The number of hydrogen-bond donors (Lipinski definition) is 0. The zero-order chi connectivity index (χ0) is 18.6. The summed E-state index contributed by atoms with van der Waals surface area (Å²) in [7, 11) is 1.83. The van der Waals surface area contributed by atoms with E-state index in [-0.39, 0.29) is 5.91 Å². The van der Waals surface area contributed by atoms with Gasteiger partial charge in [0.15, 0.2) is 0 Å². The average molecular weight is 379 g/mol. The quantitative estimate of drug-likeness (QED) is 0.585. The molecule has 0 bridgehead atoms. The predicted molar refractivity (Wildman–Crippen MR) is 107 cm³/mol. The molecule has 27 heavy (non-hydrogen) atoms. The molecule has 0 radical (unpaired) electrons. The number of thioether (sulfide) groups is 1. The van der Waals surface area contributed by atoms with Gasteiger partial charge in [-0.1, -0.05) is 60.3 Å². The van der Waals surface area contributed by atoms with Crippen LogP contribution in [0.4, 0.5) is 0 Å². The van der Waals surface area contributed by atoms with E-state index in [1.165, 1.54) is 11.8 Å². The van der Waals surface area contributed by atoms with Gasteiger partial charge in [-0.2, -0.15) is 0 Å². The van der Waals surface area contributed by atoms with Crippen LogP contribution in [-0.2, 0) is 11.3 Å². The number of aromatic nitrogens is 3. The van der Waals surface area contributed by atoms with E-state index in [2.05, 4.69) is 5.10 Å². The van der Waals surface area contributed by atoms with Crippen molar-refractivity contribution in [3.63, 3.8) is 0 Å². The molecule has 1 aliphatic carbocycles. The van der Waals surface area contributed by atoms with Crippen LogP contribution in [0, 0.1) is 0 Å². The van der Waals surface area contributed by atoms with Crippen LogP contribution in [-0.4, -0.2) is 38.4 Å².